The molecule has 0 unspecified atom stereocenters. The lowest BCUT2D eigenvalue weighted by molar-refractivity contribution is 0.269. The van der Waals surface area contributed by atoms with Crippen LogP contribution in [0.3, 0.4) is 0 Å². The number of aliphatic hydroxyl groups excluding tert-OH is 1. The lowest BCUT2D eigenvalue weighted by Gasteiger charge is -2.07. The third-order valence-electron chi connectivity index (χ3n) is 3.09. The molecule has 21 heavy (non-hydrogen) atoms. The van der Waals surface area contributed by atoms with Crippen molar-refractivity contribution >= 4 is 23.2 Å². The Morgan fingerprint density at radius 1 is 1.29 bits per heavy atom. The van der Waals surface area contributed by atoms with Gasteiger partial charge >= 0.3 is 0 Å². The molecule has 0 saturated carbocycles. The first-order valence-electron chi connectivity index (χ1n) is 6.88. The van der Waals surface area contributed by atoms with Gasteiger partial charge in [-0.1, -0.05) is 42.6 Å². The molecule has 0 atom stereocenters. The van der Waals surface area contributed by atoms with Gasteiger partial charge < -0.3 is 9.84 Å². The molecule has 0 radical (unpaired) electrons. The monoisotopic (exact) mass is 328 g/mol. The van der Waals surface area contributed by atoms with E-state index in [9.17, 15) is 5.11 Å². The number of benzene rings is 1. The van der Waals surface area contributed by atoms with Crippen LogP contribution in [0.5, 0.6) is 5.88 Å². The van der Waals surface area contributed by atoms with Gasteiger partial charge in [0.15, 0.2) is 0 Å². The van der Waals surface area contributed by atoms with Gasteiger partial charge in [0.2, 0.25) is 5.88 Å². The molecule has 0 fully saturated rings. The number of ether oxygens (including phenoxy) is 1. The van der Waals surface area contributed by atoms with Gasteiger partial charge in [0.05, 0.1) is 25.5 Å². The summed E-state index contributed by atoms with van der Waals surface area (Å²) in [6, 6.07) is 7.08. The lowest BCUT2D eigenvalue weighted by atomic mass is 10.2. The Labute approximate surface area is 134 Å². The van der Waals surface area contributed by atoms with Gasteiger partial charge in [0.25, 0.3) is 0 Å². The molecule has 0 saturated heterocycles. The number of aliphatic hydroxyl groups is 1. The van der Waals surface area contributed by atoms with E-state index in [1.54, 1.807) is 22.9 Å². The van der Waals surface area contributed by atoms with Crippen molar-refractivity contribution in [2.75, 3.05) is 6.61 Å². The molecule has 6 heteroatoms. The van der Waals surface area contributed by atoms with E-state index in [-0.39, 0.29) is 6.61 Å². The summed E-state index contributed by atoms with van der Waals surface area (Å²) in [5.74, 6) is 0.526. The van der Waals surface area contributed by atoms with Gasteiger partial charge in [-0.2, -0.15) is 0 Å². The maximum atomic E-state index is 9.42. The van der Waals surface area contributed by atoms with E-state index < -0.39 is 0 Å². The minimum absolute atomic E-state index is 0.102. The summed E-state index contributed by atoms with van der Waals surface area (Å²) in [5, 5.41) is 15.0. The molecule has 4 nitrogen and oxygen atoms in total. The third kappa shape index (κ3) is 4.37. The van der Waals surface area contributed by atoms with Crippen LogP contribution in [0, 0.1) is 0 Å². The van der Waals surface area contributed by atoms with Crippen molar-refractivity contribution in [3.63, 3.8) is 0 Å². The molecule has 1 aromatic carbocycles. The zero-order valence-corrected chi connectivity index (χ0v) is 13.4. The van der Waals surface area contributed by atoms with Crippen molar-refractivity contribution in [1.82, 2.24) is 9.78 Å². The van der Waals surface area contributed by atoms with E-state index in [1.807, 2.05) is 6.07 Å². The second-order valence-corrected chi connectivity index (χ2v) is 5.57. The zero-order valence-electron chi connectivity index (χ0n) is 11.9. The van der Waals surface area contributed by atoms with Crippen LogP contribution in [0.15, 0.2) is 24.3 Å². The number of hydrogen-bond donors (Lipinski definition) is 1. The maximum absolute atomic E-state index is 9.42. The molecular weight excluding hydrogens is 311 g/mol. The summed E-state index contributed by atoms with van der Waals surface area (Å²) >= 11 is 12.1. The molecule has 1 N–H and O–H groups in total. The Morgan fingerprint density at radius 2 is 2.10 bits per heavy atom. The molecule has 0 aliphatic rings. The SMILES string of the molecule is CCCCOc1cc(CO)n(Cc2ccc(Cl)cc2Cl)n1. The van der Waals surface area contributed by atoms with Gasteiger partial charge in [-0.05, 0) is 24.1 Å². The average Bonchev–Trinajstić information content (AvgIpc) is 2.84. The van der Waals surface area contributed by atoms with Crippen LogP contribution in [-0.2, 0) is 13.2 Å². The number of unbranched alkanes of at least 4 members (excludes halogenated alkanes) is 1. The molecule has 0 aliphatic heterocycles. The maximum Gasteiger partial charge on any atom is 0.233 e. The lowest BCUT2D eigenvalue weighted by Crippen LogP contribution is -2.07. The summed E-state index contributed by atoms with van der Waals surface area (Å²) < 4.78 is 7.25. The highest BCUT2D eigenvalue weighted by molar-refractivity contribution is 6.35. The smallest absolute Gasteiger partial charge is 0.233 e. The fourth-order valence-corrected chi connectivity index (χ4v) is 2.36. The van der Waals surface area contributed by atoms with Crippen LogP contribution in [0.4, 0.5) is 0 Å². The van der Waals surface area contributed by atoms with Crippen molar-refractivity contribution in [2.45, 2.75) is 32.9 Å². The van der Waals surface area contributed by atoms with Crippen LogP contribution < -0.4 is 4.74 Å². The fraction of sp³-hybridized carbons (Fsp3) is 0.400. The van der Waals surface area contributed by atoms with E-state index in [0.29, 0.717) is 34.8 Å². The minimum atomic E-state index is -0.102. The number of halogens is 2. The molecule has 1 heterocycles. The summed E-state index contributed by atoms with van der Waals surface area (Å²) in [6.45, 7) is 3.09. The molecule has 2 aromatic rings. The molecule has 114 valence electrons. The topological polar surface area (TPSA) is 47.3 Å². The third-order valence-corrected chi connectivity index (χ3v) is 3.67. The first-order chi connectivity index (χ1) is 10.1. The average molecular weight is 329 g/mol. The first kappa shape index (κ1) is 16.1. The Kier molecular flexibility index (Phi) is 5.91. The van der Waals surface area contributed by atoms with Crippen molar-refractivity contribution in [2.24, 2.45) is 0 Å². The van der Waals surface area contributed by atoms with Crippen LogP contribution in [0.2, 0.25) is 10.0 Å². The van der Waals surface area contributed by atoms with E-state index in [0.717, 1.165) is 18.4 Å². The second-order valence-electron chi connectivity index (χ2n) is 4.73. The van der Waals surface area contributed by atoms with Crippen molar-refractivity contribution in [1.29, 1.82) is 0 Å². The molecule has 0 amide bonds. The number of rotatable bonds is 7. The van der Waals surface area contributed by atoms with Gasteiger partial charge in [-0.25, -0.2) is 0 Å². The number of hydrogen-bond acceptors (Lipinski definition) is 3. The highest BCUT2D eigenvalue weighted by Gasteiger charge is 2.10. The molecule has 0 spiro atoms. The quantitative estimate of drug-likeness (QED) is 0.784. The predicted octanol–water partition coefficient (Wildman–Crippen LogP) is 3.91. The molecule has 0 bridgehead atoms. The van der Waals surface area contributed by atoms with E-state index in [2.05, 4.69) is 12.0 Å². The van der Waals surface area contributed by atoms with E-state index in [4.69, 9.17) is 27.9 Å². The largest absolute Gasteiger partial charge is 0.477 e. The standard InChI is InChI=1S/C15H18Cl2N2O2/c1-2-3-6-21-15-8-13(10-20)19(18-15)9-11-4-5-12(16)7-14(11)17/h4-5,7-8,20H,2-3,6,9-10H2,1H3. The van der Waals surface area contributed by atoms with E-state index >= 15 is 0 Å². The number of nitrogens with zero attached hydrogens (tertiary/aromatic N) is 2. The van der Waals surface area contributed by atoms with Crippen LogP contribution in [0.1, 0.15) is 31.0 Å². The summed E-state index contributed by atoms with van der Waals surface area (Å²) in [7, 11) is 0. The Balaban J connectivity index is 2.14. The summed E-state index contributed by atoms with van der Waals surface area (Å²) in [5.41, 5.74) is 1.58. The predicted molar refractivity (Wildman–Crippen MR) is 84.1 cm³/mol. The van der Waals surface area contributed by atoms with Crippen molar-refractivity contribution < 1.29 is 9.84 Å². The minimum Gasteiger partial charge on any atom is -0.477 e. The summed E-state index contributed by atoms with van der Waals surface area (Å²) in [6.07, 6.45) is 2.04. The normalized spacial score (nSPS) is 10.9. The second kappa shape index (κ2) is 7.69. The summed E-state index contributed by atoms with van der Waals surface area (Å²) in [4.78, 5) is 0. The van der Waals surface area contributed by atoms with Crippen LogP contribution in [-0.4, -0.2) is 21.5 Å². The Bertz CT molecular complexity index is 599. The van der Waals surface area contributed by atoms with Crippen LogP contribution in [0.25, 0.3) is 0 Å². The van der Waals surface area contributed by atoms with Gasteiger partial charge in [0, 0.05) is 16.1 Å². The Morgan fingerprint density at radius 3 is 2.76 bits per heavy atom. The van der Waals surface area contributed by atoms with Gasteiger partial charge in [-0.3, -0.25) is 4.68 Å². The first-order valence-corrected chi connectivity index (χ1v) is 7.64. The van der Waals surface area contributed by atoms with Crippen molar-refractivity contribution in [3.8, 4) is 5.88 Å². The highest BCUT2D eigenvalue weighted by atomic mass is 35.5. The fourth-order valence-electron chi connectivity index (χ4n) is 1.90. The molecular formula is C15H18Cl2N2O2. The highest BCUT2D eigenvalue weighted by Crippen LogP contribution is 2.23. The van der Waals surface area contributed by atoms with E-state index in [1.165, 1.54) is 0 Å². The van der Waals surface area contributed by atoms with Gasteiger partial charge in [0.1, 0.15) is 0 Å². The van der Waals surface area contributed by atoms with Crippen LogP contribution >= 0.6 is 23.2 Å². The number of aromatic nitrogens is 2. The molecule has 1 aromatic heterocycles. The zero-order chi connectivity index (χ0) is 15.2. The molecule has 0 aliphatic carbocycles. The van der Waals surface area contributed by atoms with Crippen molar-refractivity contribution in [3.05, 3.63) is 45.6 Å². The molecule has 2 rings (SSSR count). The Hall–Kier alpha value is -1.23. The van der Waals surface area contributed by atoms with Gasteiger partial charge in [-0.15, -0.1) is 5.10 Å².